The number of aryl methyl sites for hydroxylation is 1. The van der Waals surface area contributed by atoms with Crippen LogP contribution in [0.3, 0.4) is 0 Å². The molecule has 2 aromatic rings. The summed E-state index contributed by atoms with van der Waals surface area (Å²) >= 11 is 0. The zero-order valence-electron chi connectivity index (χ0n) is 18.1. The number of ether oxygens (including phenoxy) is 1. The smallest absolute Gasteiger partial charge is 0.335 e. The molecule has 160 valence electrons. The second kappa shape index (κ2) is 6.65. The number of hydrogen-bond donors (Lipinski definition) is 0. The van der Waals surface area contributed by atoms with Crippen molar-refractivity contribution in [2.75, 3.05) is 0 Å². The van der Waals surface area contributed by atoms with Crippen LogP contribution < -0.4 is 5.56 Å². The molecule has 4 aliphatic rings. The largest absolute Gasteiger partial charge is 0.454 e. The van der Waals surface area contributed by atoms with E-state index in [1.54, 1.807) is 4.57 Å². The van der Waals surface area contributed by atoms with Crippen molar-refractivity contribution in [1.29, 1.82) is 0 Å². The van der Waals surface area contributed by atoms with Crippen LogP contribution in [0.1, 0.15) is 56.8 Å². The summed E-state index contributed by atoms with van der Waals surface area (Å²) in [5, 5.41) is 0.647. The number of rotatable bonds is 2. The Hall–Kier alpha value is -2.69. The van der Waals surface area contributed by atoms with Gasteiger partial charge in [-0.25, -0.2) is 9.78 Å². The first-order chi connectivity index (χ1) is 14.9. The van der Waals surface area contributed by atoms with E-state index in [-0.39, 0.29) is 23.0 Å². The number of fused-ring (bicyclic) bond motifs is 4. The normalized spacial score (nSPS) is 29.7. The molecular weight excluding hydrogens is 388 g/mol. The second-order valence-corrected chi connectivity index (χ2v) is 10.1. The molecule has 2 aliphatic heterocycles. The van der Waals surface area contributed by atoms with Crippen molar-refractivity contribution in [2.45, 2.75) is 70.9 Å². The highest BCUT2D eigenvalue weighted by Crippen LogP contribution is 2.55. The van der Waals surface area contributed by atoms with E-state index < -0.39 is 0 Å². The highest BCUT2D eigenvalue weighted by atomic mass is 16.5. The van der Waals surface area contributed by atoms with Crippen molar-refractivity contribution in [3.63, 3.8) is 0 Å². The molecule has 2 saturated carbocycles. The molecule has 5 heteroatoms. The molecule has 0 radical (unpaired) electrons. The molecule has 0 saturated heterocycles. The Labute approximate surface area is 181 Å². The van der Waals surface area contributed by atoms with E-state index in [1.807, 2.05) is 18.2 Å². The minimum absolute atomic E-state index is 0.0378. The minimum atomic E-state index is -0.184. The lowest BCUT2D eigenvalue weighted by atomic mass is 9.57. The Morgan fingerprint density at radius 2 is 2.13 bits per heavy atom. The van der Waals surface area contributed by atoms with Gasteiger partial charge < -0.3 is 4.74 Å². The second-order valence-electron chi connectivity index (χ2n) is 10.1. The molecule has 3 atom stereocenters. The quantitative estimate of drug-likeness (QED) is 0.542. The third kappa shape index (κ3) is 2.85. The molecule has 0 unspecified atom stereocenters. The molecule has 2 aliphatic carbocycles. The molecule has 31 heavy (non-hydrogen) atoms. The van der Waals surface area contributed by atoms with Crippen LogP contribution in [0.15, 0.2) is 46.3 Å². The van der Waals surface area contributed by atoms with Crippen LogP contribution in [0.5, 0.6) is 0 Å². The van der Waals surface area contributed by atoms with Crippen LogP contribution in [0.2, 0.25) is 0 Å². The zero-order valence-corrected chi connectivity index (χ0v) is 18.1. The Morgan fingerprint density at radius 3 is 3.00 bits per heavy atom. The Morgan fingerprint density at radius 1 is 1.26 bits per heavy atom. The summed E-state index contributed by atoms with van der Waals surface area (Å²) in [4.78, 5) is 30.5. The van der Waals surface area contributed by atoms with Gasteiger partial charge in [0.2, 0.25) is 0 Å². The average Bonchev–Trinajstić information content (AvgIpc) is 3.31. The molecule has 5 nitrogen and oxygen atoms in total. The summed E-state index contributed by atoms with van der Waals surface area (Å²) < 4.78 is 7.65. The van der Waals surface area contributed by atoms with Gasteiger partial charge >= 0.3 is 5.97 Å². The third-order valence-electron chi connectivity index (χ3n) is 8.19. The highest BCUT2D eigenvalue weighted by molar-refractivity contribution is 5.93. The van der Waals surface area contributed by atoms with Gasteiger partial charge in [0.1, 0.15) is 11.9 Å². The first-order valence-electron chi connectivity index (χ1n) is 11.6. The predicted molar refractivity (Wildman–Crippen MR) is 119 cm³/mol. The summed E-state index contributed by atoms with van der Waals surface area (Å²) in [6, 6.07) is 5.85. The van der Waals surface area contributed by atoms with Crippen molar-refractivity contribution < 1.29 is 9.53 Å². The Kier molecular flexibility index (Phi) is 4.08. The number of esters is 1. The van der Waals surface area contributed by atoms with Gasteiger partial charge in [-0.15, -0.1) is 0 Å². The fourth-order valence-corrected chi connectivity index (χ4v) is 6.49. The van der Waals surface area contributed by atoms with Crippen LogP contribution in [0.25, 0.3) is 10.9 Å². The van der Waals surface area contributed by atoms with E-state index in [0.29, 0.717) is 17.7 Å². The number of aromatic nitrogens is 2. The summed E-state index contributed by atoms with van der Waals surface area (Å²) in [5.41, 5.74) is 5.23. The summed E-state index contributed by atoms with van der Waals surface area (Å²) in [6.07, 6.45) is 7.49. The van der Waals surface area contributed by atoms with Crippen molar-refractivity contribution >= 4 is 16.9 Å². The first-order valence-corrected chi connectivity index (χ1v) is 11.6. The van der Waals surface area contributed by atoms with Crippen LogP contribution in [-0.2, 0) is 28.9 Å². The maximum absolute atomic E-state index is 12.9. The SMILES string of the molecule is C=C1CCC[C@]2(C)C[C@@H]3OC(=O)C(Cc4ccc5nc6n(c(=O)c5c4)CCC6)=C3C[C@@H]12. The van der Waals surface area contributed by atoms with Gasteiger partial charge in [0.05, 0.1) is 10.9 Å². The molecule has 1 aromatic heterocycles. The Bertz CT molecular complexity index is 1240. The molecule has 0 bridgehead atoms. The lowest BCUT2D eigenvalue weighted by Crippen LogP contribution is -2.41. The summed E-state index contributed by atoms with van der Waals surface area (Å²) in [7, 11) is 0. The number of hydrogen-bond acceptors (Lipinski definition) is 4. The number of nitrogens with zero attached hydrogens (tertiary/aromatic N) is 2. The van der Waals surface area contributed by atoms with Gasteiger partial charge in [-0.3, -0.25) is 9.36 Å². The van der Waals surface area contributed by atoms with E-state index in [0.717, 1.165) is 61.1 Å². The molecule has 3 heterocycles. The molecule has 0 N–H and O–H groups in total. The maximum Gasteiger partial charge on any atom is 0.335 e. The number of benzene rings is 1. The topological polar surface area (TPSA) is 61.2 Å². The van der Waals surface area contributed by atoms with E-state index >= 15 is 0 Å². The third-order valence-corrected chi connectivity index (χ3v) is 8.19. The molecule has 0 amide bonds. The van der Waals surface area contributed by atoms with Crippen molar-refractivity contribution in [3.8, 4) is 0 Å². The van der Waals surface area contributed by atoms with E-state index in [4.69, 9.17) is 4.74 Å². The number of carbonyl (C=O) groups is 1. The average molecular weight is 417 g/mol. The molecule has 6 rings (SSSR count). The predicted octanol–water partition coefficient (Wildman–Crippen LogP) is 4.26. The lowest BCUT2D eigenvalue weighted by molar-refractivity contribution is -0.142. The fraction of sp³-hybridized carbons (Fsp3) is 0.500. The first kappa shape index (κ1) is 19.0. The van der Waals surface area contributed by atoms with Crippen LogP contribution in [0.4, 0.5) is 0 Å². The molecule has 0 spiro atoms. The van der Waals surface area contributed by atoms with E-state index in [9.17, 15) is 9.59 Å². The van der Waals surface area contributed by atoms with E-state index in [2.05, 4.69) is 18.5 Å². The van der Waals surface area contributed by atoms with Crippen molar-refractivity contribution in [2.24, 2.45) is 11.3 Å². The zero-order chi connectivity index (χ0) is 21.3. The number of carbonyl (C=O) groups excluding carboxylic acids is 1. The van der Waals surface area contributed by atoms with Crippen molar-refractivity contribution in [3.05, 3.63) is 63.2 Å². The van der Waals surface area contributed by atoms with Crippen LogP contribution >= 0.6 is 0 Å². The van der Waals surface area contributed by atoms with Gasteiger partial charge in [-0.05, 0) is 73.1 Å². The fourth-order valence-electron chi connectivity index (χ4n) is 6.49. The lowest BCUT2D eigenvalue weighted by Gasteiger charge is -2.48. The van der Waals surface area contributed by atoms with Crippen molar-refractivity contribution in [1.82, 2.24) is 9.55 Å². The summed E-state index contributed by atoms with van der Waals surface area (Å²) in [6.45, 7) is 7.45. The van der Waals surface area contributed by atoms with Gasteiger partial charge in [-0.2, -0.15) is 0 Å². The highest BCUT2D eigenvalue weighted by Gasteiger charge is 2.49. The Balaban J connectivity index is 1.37. The van der Waals surface area contributed by atoms with Gasteiger partial charge in [0, 0.05) is 25.0 Å². The van der Waals surface area contributed by atoms with Gasteiger partial charge in [0.25, 0.3) is 5.56 Å². The minimum Gasteiger partial charge on any atom is -0.454 e. The summed E-state index contributed by atoms with van der Waals surface area (Å²) in [5.74, 6) is 1.14. The monoisotopic (exact) mass is 416 g/mol. The molecular formula is C26H28N2O3. The van der Waals surface area contributed by atoms with Crippen LogP contribution in [0, 0.1) is 11.3 Å². The van der Waals surface area contributed by atoms with Gasteiger partial charge in [0.15, 0.2) is 0 Å². The van der Waals surface area contributed by atoms with Crippen LogP contribution in [-0.4, -0.2) is 21.6 Å². The maximum atomic E-state index is 12.9. The molecule has 1 aromatic carbocycles. The van der Waals surface area contributed by atoms with Gasteiger partial charge in [-0.1, -0.05) is 25.1 Å². The molecule has 2 fully saturated rings. The standard InChI is InChI=1S/C26H28N2O3/c1-15-5-3-9-26(2)14-22-17(13-20(15)26)18(25(30)31-22)11-16-7-8-21-19(12-16)24(29)28-10-4-6-23(28)27-21/h7-8,12,20,22H,1,3-6,9-11,13-14H2,2H3/t20-,22-,26+/m0/s1. The van der Waals surface area contributed by atoms with E-state index in [1.165, 1.54) is 24.0 Å². The number of allylic oxidation sites excluding steroid dienone is 1.